The van der Waals surface area contributed by atoms with E-state index in [4.69, 9.17) is 0 Å². The highest BCUT2D eigenvalue weighted by molar-refractivity contribution is 5.53. The van der Waals surface area contributed by atoms with Gasteiger partial charge in [-0.3, -0.25) is 4.98 Å². The topological polar surface area (TPSA) is 28.2 Å². The van der Waals surface area contributed by atoms with Crippen LogP contribution in [-0.4, -0.2) is 24.1 Å². The van der Waals surface area contributed by atoms with Gasteiger partial charge in [0, 0.05) is 25.3 Å². The van der Waals surface area contributed by atoms with Crippen LogP contribution < -0.4 is 10.2 Å². The average Bonchev–Trinajstić information content (AvgIpc) is 3.15. The number of nitrogens with zero attached hydrogens (tertiary/aromatic N) is 2. The lowest BCUT2D eigenvalue weighted by molar-refractivity contribution is 0.430. The van der Waals surface area contributed by atoms with Crippen molar-refractivity contribution in [1.29, 1.82) is 0 Å². The standard InChI is InChI=1S/C17H27N3/c1-2-18-12-15-9-10-19-13-17(15)20-11-5-8-16(20)14-6-3-4-7-14/h9-10,13-14,16,18H,2-8,11-12H2,1H3. The maximum atomic E-state index is 4.39. The van der Waals surface area contributed by atoms with Gasteiger partial charge in [-0.2, -0.15) is 0 Å². The van der Waals surface area contributed by atoms with Crippen LogP contribution >= 0.6 is 0 Å². The van der Waals surface area contributed by atoms with Gasteiger partial charge in [0.15, 0.2) is 0 Å². The van der Waals surface area contributed by atoms with Crippen molar-refractivity contribution in [2.24, 2.45) is 5.92 Å². The van der Waals surface area contributed by atoms with Gasteiger partial charge in [-0.05, 0) is 49.8 Å². The molecule has 3 nitrogen and oxygen atoms in total. The van der Waals surface area contributed by atoms with Crippen molar-refractivity contribution in [1.82, 2.24) is 10.3 Å². The van der Waals surface area contributed by atoms with E-state index in [-0.39, 0.29) is 0 Å². The molecule has 1 aliphatic heterocycles. The molecule has 1 aliphatic carbocycles. The highest BCUT2D eigenvalue weighted by atomic mass is 15.2. The molecule has 0 bridgehead atoms. The third kappa shape index (κ3) is 2.83. The first-order valence-corrected chi connectivity index (χ1v) is 8.30. The molecule has 0 spiro atoms. The molecule has 2 fully saturated rings. The molecular formula is C17H27N3. The van der Waals surface area contributed by atoms with E-state index in [0.717, 1.165) is 25.0 Å². The minimum absolute atomic E-state index is 0.766. The Balaban J connectivity index is 1.79. The Bertz CT molecular complexity index is 426. The van der Waals surface area contributed by atoms with E-state index in [1.54, 1.807) is 0 Å². The molecule has 0 radical (unpaired) electrons. The minimum Gasteiger partial charge on any atom is -0.367 e. The summed E-state index contributed by atoms with van der Waals surface area (Å²) in [4.78, 5) is 7.05. The van der Waals surface area contributed by atoms with Crippen LogP contribution in [0.25, 0.3) is 0 Å². The number of nitrogens with one attached hydrogen (secondary N) is 1. The molecule has 1 aromatic rings. The number of aromatic nitrogens is 1. The van der Waals surface area contributed by atoms with E-state index in [2.05, 4.69) is 34.4 Å². The Morgan fingerprint density at radius 1 is 1.25 bits per heavy atom. The van der Waals surface area contributed by atoms with Gasteiger partial charge in [0.1, 0.15) is 0 Å². The predicted octanol–water partition coefficient (Wildman–Crippen LogP) is 3.35. The molecule has 3 heteroatoms. The van der Waals surface area contributed by atoms with Crippen LogP contribution in [-0.2, 0) is 6.54 Å². The lowest BCUT2D eigenvalue weighted by atomic mass is 9.95. The number of hydrogen-bond donors (Lipinski definition) is 1. The normalized spacial score (nSPS) is 23.6. The smallest absolute Gasteiger partial charge is 0.0600 e. The van der Waals surface area contributed by atoms with Crippen LogP contribution in [0.5, 0.6) is 0 Å². The van der Waals surface area contributed by atoms with Gasteiger partial charge in [0.25, 0.3) is 0 Å². The molecule has 1 N–H and O–H groups in total. The van der Waals surface area contributed by atoms with Crippen molar-refractivity contribution < 1.29 is 0 Å². The molecule has 110 valence electrons. The van der Waals surface area contributed by atoms with E-state index in [9.17, 15) is 0 Å². The maximum absolute atomic E-state index is 4.39. The largest absolute Gasteiger partial charge is 0.367 e. The molecule has 2 aliphatic rings. The zero-order chi connectivity index (χ0) is 13.8. The fourth-order valence-corrected chi connectivity index (χ4v) is 4.01. The predicted molar refractivity (Wildman–Crippen MR) is 83.9 cm³/mol. The third-order valence-corrected chi connectivity index (χ3v) is 5.01. The highest BCUT2D eigenvalue weighted by Crippen LogP contribution is 2.38. The van der Waals surface area contributed by atoms with E-state index in [0.29, 0.717) is 0 Å². The molecule has 20 heavy (non-hydrogen) atoms. The summed E-state index contributed by atoms with van der Waals surface area (Å²) in [6.45, 7) is 5.36. The number of rotatable bonds is 5. The Kier molecular flexibility index (Phi) is 4.56. The molecule has 0 aromatic carbocycles. The first-order chi connectivity index (χ1) is 9.90. The summed E-state index contributed by atoms with van der Waals surface area (Å²) >= 11 is 0. The Morgan fingerprint density at radius 2 is 2.10 bits per heavy atom. The van der Waals surface area contributed by atoms with Crippen LogP contribution in [0.4, 0.5) is 5.69 Å². The Morgan fingerprint density at radius 3 is 2.90 bits per heavy atom. The SMILES string of the molecule is CCNCc1ccncc1N1CCCC1C1CCCC1. The zero-order valence-electron chi connectivity index (χ0n) is 12.6. The van der Waals surface area contributed by atoms with Gasteiger partial charge in [-0.15, -0.1) is 0 Å². The molecule has 0 amide bonds. The van der Waals surface area contributed by atoms with Crippen molar-refractivity contribution >= 4 is 5.69 Å². The Hall–Kier alpha value is -1.09. The highest BCUT2D eigenvalue weighted by Gasteiger charge is 2.34. The molecule has 1 saturated carbocycles. The fraction of sp³-hybridized carbons (Fsp3) is 0.706. The van der Waals surface area contributed by atoms with Crippen LogP contribution in [0.3, 0.4) is 0 Å². The summed E-state index contributed by atoms with van der Waals surface area (Å²) in [6, 6.07) is 2.95. The van der Waals surface area contributed by atoms with Crippen molar-refractivity contribution in [3.05, 3.63) is 24.0 Å². The Labute approximate surface area is 122 Å². The van der Waals surface area contributed by atoms with E-state index < -0.39 is 0 Å². The van der Waals surface area contributed by atoms with Gasteiger partial charge < -0.3 is 10.2 Å². The van der Waals surface area contributed by atoms with Crippen molar-refractivity contribution in [2.75, 3.05) is 18.0 Å². The van der Waals surface area contributed by atoms with Gasteiger partial charge in [0.05, 0.1) is 11.9 Å². The fourth-order valence-electron chi connectivity index (χ4n) is 4.01. The van der Waals surface area contributed by atoms with Gasteiger partial charge in [-0.25, -0.2) is 0 Å². The van der Waals surface area contributed by atoms with Gasteiger partial charge in [0.2, 0.25) is 0 Å². The quantitative estimate of drug-likeness (QED) is 0.891. The molecule has 3 rings (SSSR count). The number of pyridine rings is 1. The van der Waals surface area contributed by atoms with Crippen LogP contribution in [0.1, 0.15) is 51.0 Å². The van der Waals surface area contributed by atoms with Gasteiger partial charge in [-0.1, -0.05) is 19.8 Å². The monoisotopic (exact) mass is 273 g/mol. The lowest BCUT2D eigenvalue weighted by Gasteiger charge is -2.32. The van der Waals surface area contributed by atoms with Crippen molar-refractivity contribution in [2.45, 2.75) is 58.0 Å². The first kappa shape index (κ1) is 13.9. The first-order valence-electron chi connectivity index (χ1n) is 8.30. The molecule has 1 atom stereocenters. The summed E-state index contributed by atoms with van der Waals surface area (Å²) in [7, 11) is 0. The van der Waals surface area contributed by atoms with Crippen LogP contribution in [0, 0.1) is 5.92 Å². The minimum atomic E-state index is 0.766. The second kappa shape index (κ2) is 6.57. The maximum Gasteiger partial charge on any atom is 0.0600 e. The molecular weight excluding hydrogens is 246 g/mol. The zero-order valence-corrected chi connectivity index (χ0v) is 12.6. The van der Waals surface area contributed by atoms with Crippen LogP contribution in [0.15, 0.2) is 18.5 Å². The molecule has 1 aromatic heterocycles. The summed E-state index contributed by atoms with van der Waals surface area (Å²) in [5.41, 5.74) is 2.79. The second-order valence-electron chi connectivity index (χ2n) is 6.23. The van der Waals surface area contributed by atoms with E-state index in [1.165, 1.54) is 56.3 Å². The lowest BCUT2D eigenvalue weighted by Crippen LogP contribution is -2.35. The number of anilines is 1. The van der Waals surface area contributed by atoms with E-state index in [1.807, 2.05) is 6.20 Å². The second-order valence-corrected chi connectivity index (χ2v) is 6.23. The molecule has 2 heterocycles. The summed E-state index contributed by atoms with van der Waals surface area (Å²) in [6.07, 6.45) is 12.5. The van der Waals surface area contributed by atoms with Gasteiger partial charge >= 0.3 is 0 Å². The summed E-state index contributed by atoms with van der Waals surface area (Å²) in [5.74, 6) is 0.921. The summed E-state index contributed by atoms with van der Waals surface area (Å²) < 4.78 is 0. The van der Waals surface area contributed by atoms with Crippen molar-refractivity contribution in [3.63, 3.8) is 0 Å². The summed E-state index contributed by atoms with van der Waals surface area (Å²) in [5, 5.41) is 3.46. The molecule has 1 saturated heterocycles. The van der Waals surface area contributed by atoms with E-state index >= 15 is 0 Å². The third-order valence-electron chi connectivity index (χ3n) is 5.01. The van der Waals surface area contributed by atoms with Crippen molar-refractivity contribution in [3.8, 4) is 0 Å². The molecule has 1 unspecified atom stereocenters. The van der Waals surface area contributed by atoms with Crippen LogP contribution in [0.2, 0.25) is 0 Å². The number of hydrogen-bond acceptors (Lipinski definition) is 3. The average molecular weight is 273 g/mol.